The summed E-state index contributed by atoms with van der Waals surface area (Å²) in [6.07, 6.45) is 1.20. The Bertz CT molecular complexity index is 843. The molecule has 0 aliphatic heterocycles. The topological polar surface area (TPSA) is 42.1 Å². The predicted molar refractivity (Wildman–Crippen MR) is 110 cm³/mol. The number of halogens is 3. The summed E-state index contributed by atoms with van der Waals surface area (Å²) in [5, 5.41) is 0.696. The molecule has 0 saturated heterocycles. The lowest BCUT2D eigenvalue weighted by Gasteiger charge is -2.08. The van der Waals surface area contributed by atoms with Gasteiger partial charge in [-0.3, -0.25) is 0 Å². The third-order valence-corrected chi connectivity index (χ3v) is 3.53. The van der Waals surface area contributed by atoms with E-state index in [1.165, 1.54) is 19.3 Å². The van der Waals surface area contributed by atoms with Crippen molar-refractivity contribution >= 4 is 22.4 Å². The fraction of sp³-hybridized carbons (Fsp3) is 0.318. The van der Waals surface area contributed by atoms with Crippen molar-refractivity contribution in [2.75, 3.05) is 7.11 Å². The molecule has 1 aromatic heterocycles. The summed E-state index contributed by atoms with van der Waals surface area (Å²) in [6, 6.07) is 4.83. The van der Waals surface area contributed by atoms with Gasteiger partial charge in [-0.15, -0.1) is 0 Å². The van der Waals surface area contributed by atoms with Gasteiger partial charge in [0.1, 0.15) is 0 Å². The zero-order chi connectivity index (χ0) is 21.9. The van der Waals surface area contributed by atoms with Crippen molar-refractivity contribution < 1.29 is 22.7 Å². The molecule has 0 saturated carbocycles. The number of nitrogens with one attached hydrogen (secondary N) is 1. The summed E-state index contributed by atoms with van der Waals surface area (Å²) < 4.78 is 43.1. The molecule has 3 nitrogen and oxygen atoms in total. The number of allylic oxidation sites excluding steroid dienone is 5. The number of aromatic nitrogens is 1. The highest BCUT2D eigenvalue weighted by Gasteiger charge is 2.30. The maximum absolute atomic E-state index is 12.8. The van der Waals surface area contributed by atoms with Crippen LogP contribution in [0.4, 0.5) is 13.2 Å². The number of hydrogen-bond acceptors (Lipinski definition) is 2. The number of rotatable bonds is 4. The Kier molecular flexibility index (Phi) is 10.7. The first-order valence-corrected chi connectivity index (χ1v) is 9.06. The zero-order valence-corrected chi connectivity index (χ0v) is 17.2. The van der Waals surface area contributed by atoms with Gasteiger partial charge in [0.2, 0.25) is 0 Å². The lowest BCUT2D eigenvalue weighted by Crippen LogP contribution is -2.08. The number of methoxy groups -OCH3 is 1. The van der Waals surface area contributed by atoms with Crippen LogP contribution in [-0.4, -0.2) is 24.2 Å². The van der Waals surface area contributed by atoms with Gasteiger partial charge in [-0.25, -0.2) is 4.79 Å². The first-order chi connectivity index (χ1) is 13.3. The summed E-state index contributed by atoms with van der Waals surface area (Å²) in [6.45, 7) is 12.6. The minimum absolute atomic E-state index is 0.356. The fourth-order valence-electron chi connectivity index (χ4n) is 2.27. The van der Waals surface area contributed by atoms with Crippen LogP contribution < -0.4 is 0 Å². The van der Waals surface area contributed by atoms with Gasteiger partial charge in [0.25, 0.3) is 0 Å². The molecule has 28 heavy (non-hydrogen) atoms. The average molecular weight is 395 g/mol. The smallest absolute Gasteiger partial charge is 0.412 e. The molecule has 0 aliphatic carbocycles. The van der Waals surface area contributed by atoms with Crippen LogP contribution >= 0.6 is 0 Å². The number of carbonyl (C=O) groups is 1. The Hall–Kier alpha value is -2.76. The van der Waals surface area contributed by atoms with Crippen LogP contribution in [0.25, 0.3) is 16.5 Å². The van der Waals surface area contributed by atoms with Crippen LogP contribution in [0.1, 0.15) is 50.5 Å². The molecule has 1 heterocycles. The van der Waals surface area contributed by atoms with Crippen molar-refractivity contribution in [2.45, 2.75) is 40.8 Å². The number of benzene rings is 1. The lowest BCUT2D eigenvalue weighted by molar-refractivity contribution is -0.0912. The number of aromatic amines is 1. The molecule has 0 amide bonds. The van der Waals surface area contributed by atoms with Crippen LogP contribution in [0, 0.1) is 0 Å². The maximum Gasteiger partial charge on any atom is 0.412 e. The number of esters is 1. The summed E-state index contributed by atoms with van der Waals surface area (Å²) in [4.78, 5) is 14.5. The second-order valence-electron chi connectivity index (χ2n) is 5.14. The predicted octanol–water partition coefficient (Wildman–Crippen LogP) is 7.08. The van der Waals surface area contributed by atoms with E-state index >= 15 is 0 Å². The normalized spacial score (nSPS) is 11.8. The summed E-state index contributed by atoms with van der Waals surface area (Å²) >= 11 is 0. The van der Waals surface area contributed by atoms with Gasteiger partial charge in [-0.05, 0) is 30.7 Å². The van der Waals surface area contributed by atoms with E-state index in [9.17, 15) is 18.0 Å². The number of H-pyrrole nitrogens is 1. The van der Waals surface area contributed by atoms with Gasteiger partial charge < -0.3 is 9.72 Å². The Balaban J connectivity index is 0.00000171. The second-order valence-corrected chi connectivity index (χ2v) is 5.14. The SMILES string of the molecule is C=C/C=C(\C=C(/C)C(F)(F)F)c1c[nH]c2cc(C(=O)OC)ccc12.CC.CC. The highest BCUT2D eigenvalue weighted by atomic mass is 19.4. The van der Waals surface area contributed by atoms with Crippen molar-refractivity contribution in [1.82, 2.24) is 4.98 Å². The Morgan fingerprint density at radius 1 is 1.18 bits per heavy atom. The first-order valence-electron chi connectivity index (χ1n) is 9.06. The molecule has 1 N–H and O–H groups in total. The molecule has 0 unspecified atom stereocenters. The first kappa shape index (κ1) is 25.2. The molecule has 1 aromatic carbocycles. The molecule has 0 bridgehead atoms. The zero-order valence-electron chi connectivity index (χ0n) is 17.2. The number of ether oxygens (including phenoxy) is 1. The third-order valence-electron chi connectivity index (χ3n) is 3.53. The highest BCUT2D eigenvalue weighted by molar-refractivity contribution is 5.99. The van der Waals surface area contributed by atoms with Gasteiger partial charge in [-0.1, -0.05) is 52.5 Å². The third kappa shape index (κ3) is 6.44. The molecule has 0 radical (unpaired) electrons. The van der Waals surface area contributed by atoms with Crippen molar-refractivity contribution in [3.8, 4) is 0 Å². The molecule has 0 fully saturated rings. The molecule has 2 rings (SSSR count). The molecule has 154 valence electrons. The Labute approximate surface area is 164 Å². The maximum atomic E-state index is 12.8. The van der Waals surface area contributed by atoms with Crippen LogP contribution in [-0.2, 0) is 4.74 Å². The largest absolute Gasteiger partial charge is 0.465 e. The molecule has 0 spiro atoms. The van der Waals surface area contributed by atoms with Gasteiger partial charge in [0, 0.05) is 28.2 Å². The van der Waals surface area contributed by atoms with Gasteiger partial charge in [-0.2, -0.15) is 13.2 Å². The van der Waals surface area contributed by atoms with E-state index in [0.29, 0.717) is 27.6 Å². The Morgan fingerprint density at radius 2 is 1.79 bits per heavy atom. The van der Waals surface area contributed by atoms with E-state index in [-0.39, 0.29) is 0 Å². The van der Waals surface area contributed by atoms with E-state index in [1.807, 2.05) is 27.7 Å². The highest BCUT2D eigenvalue weighted by Crippen LogP contribution is 2.31. The van der Waals surface area contributed by atoms with E-state index < -0.39 is 17.7 Å². The van der Waals surface area contributed by atoms with E-state index in [4.69, 9.17) is 0 Å². The molecule has 0 atom stereocenters. The Morgan fingerprint density at radius 3 is 2.29 bits per heavy atom. The summed E-state index contributed by atoms with van der Waals surface area (Å²) in [5.41, 5.74) is 1.23. The second kappa shape index (κ2) is 11.8. The minimum atomic E-state index is -4.40. The van der Waals surface area contributed by atoms with Crippen molar-refractivity contribution in [2.24, 2.45) is 0 Å². The summed E-state index contributed by atoms with van der Waals surface area (Å²) in [7, 11) is 1.28. The van der Waals surface area contributed by atoms with Gasteiger partial charge >= 0.3 is 12.1 Å². The number of alkyl halides is 3. The van der Waals surface area contributed by atoms with E-state index in [1.54, 1.807) is 24.4 Å². The molecular weight excluding hydrogens is 367 g/mol. The average Bonchev–Trinajstić information content (AvgIpc) is 3.12. The molecular formula is C22H28F3NO2. The van der Waals surface area contributed by atoms with Gasteiger partial charge in [0.05, 0.1) is 12.7 Å². The van der Waals surface area contributed by atoms with Crippen molar-refractivity contribution in [3.63, 3.8) is 0 Å². The fourth-order valence-corrected chi connectivity index (χ4v) is 2.27. The lowest BCUT2D eigenvalue weighted by atomic mass is 10.0. The monoisotopic (exact) mass is 395 g/mol. The van der Waals surface area contributed by atoms with E-state index in [0.717, 1.165) is 13.0 Å². The van der Waals surface area contributed by atoms with Crippen molar-refractivity contribution in [3.05, 3.63) is 65.9 Å². The van der Waals surface area contributed by atoms with Crippen LogP contribution in [0.2, 0.25) is 0 Å². The van der Waals surface area contributed by atoms with E-state index in [2.05, 4.69) is 16.3 Å². The molecule has 0 aliphatic rings. The van der Waals surface area contributed by atoms with Crippen LogP contribution in [0.3, 0.4) is 0 Å². The van der Waals surface area contributed by atoms with Crippen LogP contribution in [0.5, 0.6) is 0 Å². The minimum Gasteiger partial charge on any atom is -0.465 e. The number of hydrogen-bond donors (Lipinski definition) is 1. The summed E-state index contributed by atoms with van der Waals surface area (Å²) in [5.74, 6) is -0.484. The van der Waals surface area contributed by atoms with Crippen LogP contribution in [0.15, 0.2) is 54.8 Å². The van der Waals surface area contributed by atoms with Crippen molar-refractivity contribution in [1.29, 1.82) is 0 Å². The standard InChI is InChI=1S/C18H16F3NO2.2C2H6/c1-4-5-12(8-11(2)18(19,20)21)15-10-22-16-9-13(17(23)24-3)6-7-14(15)16;2*1-2/h4-10,22H,1H2,2-3H3;2*1-2H3/b11-8+,12-5+;;. The quantitative estimate of drug-likeness (QED) is 0.444. The molecule has 2 aromatic rings. The van der Waals surface area contributed by atoms with Gasteiger partial charge in [0.15, 0.2) is 0 Å². The number of fused-ring (bicyclic) bond motifs is 1. The molecule has 6 heteroatoms. The number of carbonyl (C=O) groups excluding carboxylic acids is 1.